The number of carbonyl (C=O) groups excluding carboxylic acids is 1. The summed E-state index contributed by atoms with van der Waals surface area (Å²) in [4.78, 5) is 14.2. The molecule has 0 aromatic carbocycles. The molecule has 5 nitrogen and oxygen atoms in total. The molecule has 1 aromatic heterocycles. The Morgan fingerprint density at radius 3 is 2.68 bits per heavy atom. The molecule has 118 valence electrons. The Morgan fingerprint density at radius 1 is 1.45 bits per heavy atom. The van der Waals surface area contributed by atoms with Crippen molar-refractivity contribution in [1.82, 2.24) is 14.7 Å². The van der Waals surface area contributed by atoms with Gasteiger partial charge in [0.05, 0.1) is 18.3 Å². The third-order valence-electron chi connectivity index (χ3n) is 4.80. The minimum absolute atomic E-state index is 0.0504. The highest BCUT2D eigenvalue weighted by molar-refractivity contribution is 5.88. The summed E-state index contributed by atoms with van der Waals surface area (Å²) < 4.78 is 2.07. The Hall–Kier alpha value is -1.83. The van der Waals surface area contributed by atoms with E-state index in [0.717, 1.165) is 45.2 Å². The van der Waals surface area contributed by atoms with Gasteiger partial charge in [0.25, 0.3) is 0 Å². The molecule has 0 radical (unpaired) electrons. The quantitative estimate of drug-likeness (QED) is 0.858. The van der Waals surface area contributed by atoms with Crippen molar-refractivity contribution < 1.29 is 4.79 Å². The van der Waals surface area contributed by atoms with Gasteiger partial charge in [0, 0.05) is 19.3 Å². The fraction of sp³-hybridized carbons (Fsp3) is 0.706. The van der Waals surface area contributed by atoms with Gasteiger partial charge in [0.15, 0.2) is 0 Å². The molecule has 0 unspecified atom stereocenters. The molecular weight excluding hydrogens is 276 g/mol. The van der Waals surface area contributed by atoms with Gasteiger partial charge in [-0.15, -0.1) is 0 Å². The monoisotopic (exact) mass is 300 g/mol. The number of amides is 1. The number of hydrogen-bond acceptors (Lipinski definition) is 3. The third-order valence-corrected chi connectivity index (χ3v) is 4.80. The number of nitrogens with zero attached hydrogens (tertiary/aromatic N) is 4. The summed E-state index contributed by atoms with van der Waals surface area (Å²) in [6, 6.07) is 2.58. The van der Waals surface area contributed by atoms with Crippen LogP contribution in [0.25, 0.3) is 0 Å². The summed E-state index contributed by atoms with van der Waals surface area (Å²) in [5.41, 5.74) is 0.609. The van der Waals surface area contributed by atoms with Gasteiger partial charge in [0.2, 0.25) is 5.91 Å². The molecule has 1 amide bonds. The van der Waals surface area contributed by atoms with Crippen LogP contribution in [-0.2, 0) is 11.2 Å². The minimum atomic E-state index is -0.678. The molecule has 1 saturated heterocycles. The molecule has 2 aliphatic rings. The predicted molar refractivity (Wildman–Crippen MR) is 82.9 cm³/mol. The number of likely N-dealkylation sites (tertiary alicyclic amines) is 1. The lowest BCUT2D eigenvalue weighted by atomic mass is 10.0. The van der Waals surface area contributed by atoms with E-state index in [1.54, 1.807) is 0 Å². The van der Waals surface area contributed by atoms with Gasteiger partial charge in [-0.05, 0) is 43.6 Å². The van der Waals surface area contributed by atoms with Crippen LogP contribution in [0.3, 0.4) is 0 Å². The van der Waals surface area contributed by atoms with E-state index in [4.69, 9.17) is 5.26 Å². The topological polar surface area (TPSA) is 61.9 Å². The first-order chi connectivity index (χ1) is 10.5. The highest BCUT2D eigenvalue weighted by Crippen LogP contribution is 2.47. The molecule has 1 aliphatic carbocycles. The van der Waals surface area contributed by atoms with Crippen LogP contribution in [-0.4, -0.2) is 33.7 Å². The normalized spacial score (nSPS) is 20.9. The Labute approximate surface area is 131 Å². The number of hydrogen-bond donors (Lipinski definition) is 0. The molecule has 3 rings (SSSR count). The molecule has 0 N–H and O–H groups in total. The molecule has 1 saturated carbocycles. The number of rotatable bonds is 4. The largest absolute Gasteiger partial charge is 0.341 e. The molecule has 2 heterocycles. The summed E-state index contributed by atoms with van der Waals surface area (Å²) in [6.07, 6.45) is 8.50. The number of nitriles is 1. The molecule has 0 atom stereocenters. The van der Waals surface area contributed by atoms with Crippen molar-refractivity contribution in [2.24, 2.45) is 11.3 Å². The van der Waals surface area contributed by atoms with Crippen molar-refractivity contribution in [2.75, 3.05) is 13.1 Å². The maximum Gasteiger partial charge on any atom is 0.243 e. The van der Waals surface area contributed by atoms with E-state index in [1.165, 1.54) is 5.56 Å². The van der Waals surface area contributed by atoms with Crippen LogP contribution in [0, 0.1) is 22.7 Å². The van der Waals surface area contributed by atoms with Crippen LogP contribution >= 0.6 is 0 Å². The summed E-state index contributed by atoms with van der Waals surface area (Å²) in [5.74, 6) is 0.687. The Morgan fingerprint density at radius 2 is 2.14 bits per heavy atom. The van der Waals surface area contributed by atoms with Crippen molar-refractivity contribution >= 4 is 5.91 Å². The standard InChI is InChI=1S/C17H24N4O/c1-13(2)9-14-10-19-21(11-14)15-3-7-20(8-4-15)16(22)17(12-18)5-6-17/h10-11,13,15H,3-9H2,1-2H3. The first-order valence-electron chi connectivity index (χ1n) is 8.28. The number of carbonyl (C=O) groups is 1. The van der Waals surface area contributed by atoms with Gasteiger partial charge >= 0.3 is 0 Å². The van der Waals surface area contributed by atoms with Gasteiger partial charge in [0.1, 0.15) is 5.41 Å². The van der Waals surface area contributed by atoms with Crippen molar-refractivity contribution in [3.63, 3.8) is 0 Å². The second kappa shape index (κ2) is 5.75. The molecule has 0 spiro atoms. The van der Waals surface area contributed by atoms with E-state index in [2.05, 4.69) is 35.9 Å². The Bertz CT molecular complexity index is 586. The lowest BCUT2D eigenvalue weighted by molar-refractivity contribution is -0.136. The predicted octanol–water partition coefficient (Wildman–Crippen LogP) is 2.55. The van der Waals surface area contributed by atoms with Crippen LogP contribution in [0.4, 0.5) is 0 Å². The second-order valence-electron chi connectivity index (χ2n) is 7.14. The molecular formula is C17H24N4O. The summed E-state index contributed by atoms with van der Waals surface area (Å²) >= 11 is 0. The van der Waals surface area contributed by atoms with E-state index < -0.39 is 5.41 Å². The third kappa shape index (κ3) is 2.87. The molecule has 1 aliphatic heterocycles. The fourth-order valence-corrected chi connectivity index (χ4v) is 3.29. The van der Waals surface area contributed by atoms with Crippen LogP contribution in [0.15, 0.2) is 12.4 Å². The van der Waals surface area contributed by atoms with Crippen molar-refractivity contribution in [1.29, 1.82) is 5.26 Å². The first kappa shape index (κ1) is 15.1. The van der Waals surface area contributed by atoms with Crippen LogP contribution in [0.2, 0.25) is 0 Å². The van der Waals surface area contributed by atoms with Gasteiger partial charge in [-0.1, -0.05) is 13.8 Å². The van der Waals surface area contributed by atoms with Crippen LogP contribution in [0.1, 0.15) is 51.1 Å². The zero-order valence-corrected chi connectivity index (χ0v) is 13.5. The highest BCUT2D eigenvalue weighted by atomic mass is 16.2. The summed E-state index contributed by atoms with van der Waals surface area (Å²) in [7, 11) is 0. The van der Waals surface area contributed by atoms with E-state index in [1.807, 2.05) is 11.1 Å². The van der Waals surface area contributed by atoms with E-state index in [0.29, 0.717) is 12.0 Å². The molecule has 1 aromatic rings. The SMILES string of the molecule is CC(C)Cc1cnn(C2CCN(C(=O)C3(C#N)CC3)CC2)c1. The minimum Gasteiger partial charge on any atom is -0.341 e. The van der Waals surface area contributed by atoms with Crippen LogP contribution in [0.5, 0.6) is 0 Å². The maximum absolute atomic E-state index is 12.4. The smallest absolute Gasteiger partial charge is 0.243 e. The zero-order chi connectivity index (χ0) is 15.7. The molecule has 2 fully saturated rings. The Kier molecular flexibility index (Phi) is 3.94. The first-order valence-corrected chi connectivity index (χ1v) is 8.28. The summed E-state index contributed by atoms with van der Waals surface area (Å²) in [6.45, 7) is 5.91. The lowest BCUT2D eigenvalue weighted by Crippen LogP contribution is -2.42. The van der Waals surface area contributed by atoms with Gasteiger partial charge in [-0.2, -0.15) is 10.4 Å². The molecule has 0 bridgehead atoms. The molecule has 22 heavy (non-hydrogen) atoms. The number of piperidine rings is 1. The van der Waals surface area contributed by atoms with E-state index >= 15 is 0 Å². The van der Waals surface area contributed by atoms with Gasteiger partial charge in [-0.3, -0.25) is 9.48 Å². The fourth-order valence-electron chi connectivity index (χ4n) is 3.29. The van der Waals surface area contributed by atoms with Crippen molar-refractivity contribution in [3.05, 3.63) is 18.0 Å². The average Bonchev–Trinajstić information content (AvgIpc) is 3.19. The summed E-state index contributed by atoms with van der Waals surface area (Å²) in [5, 5.41) is 13.7. The second-order valence-corrected chi connectivity index (χ2v) is 7.14. The van der Waals surface area contributed by atoms with E-state index in [9.17, 15) is 4.79 Å². The Balaban J connectivity index is 1.57. The highest BCUT2D eigenvalue weighted by Gasteiger charge is 2.52. The lowest BCUT2D eigenvalue weighted by Gasteiger charge is -2.33. The van der Waals surface area contributed by atoms with E-state index in [-0.39, 0.29) is 5.91 Å². The average molecular weight is 300 g/mol. The van der Waals surface area contributed by atoms with Crippen molar-refractivity contribution in [3.8, 4) is 6.07 Å². The zero-order valence-electron chi connectivity index (χ0n) is 13.5. The maximum atomic E-state index is 12.4. The molecule has 5 heteroatoms. The van der Waals surface area contributed by atoms with Gasteiger partial charge in [-0.25, -0.2) is 0 Å². The van der Waals surface area contributed by atoms with Crippen LogP contribution < -0.4 is 0 Å². The number of aromatic nitrogens is 2. The van der Waals surface area contributed by atoms with Crippen molar-refractivity contribution in [2.45, 2.75) is 52.0 Å². The van der Waals surface area contributed by atoms with Gasteiger partial charge < -0.3 is 4.90 Å².